The van der Waals surface area contributed by atoms with Crippen LogP contribution in [0.25, 0.3) is 0 Å². The van der Waals surface area contributed by atoms with Gasteiger partial charge in [-0.15, -0.1) is 0 Å². The normalized spacial score (nSPS) is 37.3. The molecule has 0 aromatic carbocycles. The Morgan fingerprint density at radius 1 is 0.895 bits per heavy atom. The zero-order valence-electron chi connectivity index (χ0n) is 13.0. The van der Waals surface area contributed by atoms with E-state index in [1.165, 1.54) is 51.4 Å². The molecule has 0 heterocycles. The van der Waals surface area contributed by atoms with Crippen molar-refractivity contribution in [2.75, 3.05) is 13.7 Å². The molecule has 19 heavy (non-hydrogen) atoms. The number of aliphatic hydroxyl groups excluding tert-OH is 1. The van der Waals surface area contributed by atoms with Crippen LogP contribution in [0.2, 0.25) is 0 Å². The van der Waals surface area contributed by atoms with Crippen LogP contribution in [0.3, 0.4) is 0 Å². The summed E-state index contributed by atoms with van der Waals surface area (Å²) in [4.78, 5) is 0. The molecule has 2 saturated carbocycles. The summed E-state index contributed by atoms with van der Waals surface area (Å²) < 4.78 is 5.50. The minimum atomic E-state index is 0.395. The summed E-state index contributed by atoms with van der Waals surface area (Å²) in [5.41, 5.74) is 0.471. The first-order valence-electron chi connectivity index (χ1n) is 8.21. The van der Waals surface area contributed by atoms with Crippen LogP contribution >= 0.6 is 0 Å². The third kappa shape index (κ3) is 3.52. The SMILES string of the molecule is COC1CCC(C(C)(C)C2CCC(CO)CC2)CC1. The standard InChI is InChI=1S/C17H32O2/c1-17(2,14-6-4-13(12-18)5-7-14)15-8-10-16(19-3)11-9-15/h13-16,18H,4-12H2,1-3H3. The summed E-state index contributed by atoms with van der Waals surface area (Å²) in [5.74, 6) is 2.31. The second kappa shape index (κ2) is 6.58. The Hall–Kier alpha value is -0.0800. The van der Waals surface area contributed by atoms with E-state index >= 15 is 0 Å². The van der Waals surface area contributed by atoms with Crippen molar-refractivity contribution in [1.29, 1.82) is 0 Å². The Bertz CT molecular complexity index is 232. The van der Waals surface area contributed by atoms with Gasteiger partial charge in [-0.1, -0.05) is 13.8 Å². The fourth-order valence-corrected chi connectivity index (χ4v) is 4.46. The molecule has 2 heteroatoms. The van der Waals surface area contributed by atoms with Crippen molar-refractivity contribution in [2.45, 2.75) is 71.3 Å². The summed E-state index contributed by atoms with van der Waals surface area (Å²) >= 11 is 0. The van der Waals surface area contributed by atoms with Crippen LogP contribution in [0.1, 0.15) is 65.2 Å². The summed E-state index contributed by atoms with van der Waals surface area (Å²) in [7, 11) is 1.85. The number of ether oxygens (including phenoxy) is 1. The lowest BCUT2D eigenvalue weighted by Crippen LogP contribution is -2.38. The average Bonchev–Trinajstić information content (AvgIpc) is 2.47. The van der Waals surface area contributed by atoms with E-state index < -0.39 is 0 Å². The maximum atomic E-state index is 9.27. The monoisotopic (exact) mass is 268 g/mol. The minimum absolute atomic E-state index is 0.395. The third-order valence-corrected chi connectivity index (χ3v) is 6.22. The van der Waals surface area contributed by atoms with E-state index in [9.17, 15) is 5.11 Å². The van der Waals surface area contributed by atoms with Gasteiger partial charge in [0.25, 0.3) is 0 Å². The van der Waals surface area contributed by atoms with Crippen molar-refractivity contribution in [3.05, 3.63) is 0 Å². The van der Waals surface area contributed by atoms with Gasteiger partial charge in [0.15, 0.2) is 0 Å². The first kappa shape index (κ1) is 15.3. The van der Waals surface area contributed by atoms with E-state index in [0.29, 0.717) is 24.0 Å². The predicted octanol–water partition coefficient (Wildman–Crippen LogP) is 4.02. The number of aliphatic hydroxyl groups is 1. The molecule has 0 radical (unpaired) electrons. The number of methoxy groups -OCH3 is 1. The van der Waals surface area contributed by atoms with E-state index in [2.05, 4.69) is 13.8 Å². The lowest BCUT2D eigenvalue weighted by molar-refractivity contribution is -0.00235. The van der Waals surface area contributed by atoms with Gasteiger partial charge in [0.2, 0.25) is 0 Å². The van der Waals surface area contributed by atoms with E-state index in [4.69, 9.17) is 4.74 Å². The Morgan fingerprint density at radius 2 is 1.37 bits per heavy atom. The highest BCUT2D eigenvalue weighted by molar-refractivity contribution is 4.90. The zero-order valence-corrected chi connectivity index (χ0v) is 13.0. The van der Waals surface area contributed by atoms with Gasteiger partial charge >= 0.3 is 0 Å². The van der Waals surface area contributed by atoms with E-state index in [-0.39, 0.29) is 0 Å². The van der Waals surface area contributed by atoms with Crippen molar-refractivity contribution in [3.8, 4) is 0 Å². The second-order valence-electron chi connectivity index (χ2n) is 7.43. The summed E-state index contributed by atoms with van der Waals surface area (Å²) in [5, 5.41) is 9.27. The smallest absolute Gasteiger partial charge is 0.0571 e. The van der Waals surface area contributed by atoms with Gasteiger partial charge in [-0.25, -0.2) is 0 Å². The summed E-state index contributed by atoms with van der Waals surface area (Å²) in [6.07, 6.45) is 10.8. The molecule has 2 fully saturated rings. The number of hydrogen-bond donors (Lipinski definition) is 1. The molecule has 2 rings (SSSR count). The molecule has 0 unspecified atom stereocenters. The molecule has 2 nitrogen and oxygen atoms in total. The van der Waals surface area contributed by atoms with Crippen LogP contribution in [0, 0.1) is 23.2 Å². The van der Waals surface area contributed by atoms with Gasteiger partial charge in [-0.3, -0.25) is 0 Å². The van der Waals surface area contributed by atoms with Crippen molar-refractivity contribution < 1.29 is 9.84 Å². The molecule has 0 saturated heterocycles. The molecule has 0 aromatic heterocycles. The van der Waals surface area contributed by atoms with Gasteiger partial charge in [-0.2, -0.15) is 0 Å². The largest absolute Gasteiger partial charge is 0.396 e. The second-order valence-corrected chi connectivity index (χ2v) is 7.43. The highest BCUT2D eigenvalue weighted by Gasteiger charge is 2.40. The van der Waals surface area contributed by atoms with Crippen LogP contribution in [0.4, 0.5) is 0 Å². The fourth-order valence-electron chi connectivity index (χ4n) is 4.46. The van der Waals surface area contributed by atoms with Crippen LogP contribution in [-0.2, 0) is 4.74 Å². The Labute approximate surface area is 118 Å². The minimum Gasteiger partial charge on any atom is -0.396 e. The van der Waals surface area contributed by atoms with Gasteiger partial charge in [0, 0.05) is 13.7 Å². The van der Waals surface area contributed by atoms with E-state index in [0.717, 1.165) is 11.8 Å². The van der Waals surface area contributed by atoms with Gasteiger partial charge < -0.3 is 9.84 Å². The molecule has 0 bridgehead atoms. The predicted molar refractivity (Wildman–Crippen MR) is 79.1 cm³/mol. The molecule has 0 atom stereocenters. The Balaban J connectivity index is 1.88. The van der Waals surface area contributed by atoms with E-state index in [1.54, 1.807) is 0 Å². The molecule has 0 amide bonds. The zero-order chi connectivity index (χ0) is 13.9. The average molecular weight is 268 g/mol. The highest BCUT2D eigenvalue weighted by Crippen LogP contribution is 2.49. The van der Waals surface area contributed by atoms with Crippen LogP contribution in [0.5, 0.6) is 0 Å². The Morgan fingerprint density at radius 3 is 1.79 bits per heavy atom. The molecular formula is C17H32O2. The van der Waals surface area contributed by atoms with Gasteiger partial charge in [0.05, 0.1) is 6.10 Å². The fraction of sp³-hybridized carbons (Fsp3) is 1.00. The molecule has 112 valence electrons. The number of rotatable bonds is 4. The summed E-state index contributed by atoms with van der Waals surface area (Å²) in [6.45, 7) is 5.38. The summed E-state index contributed by atoms with van der Waals surface area (Å²) in [6, 6.07) is 0. The van der Waals surface area contributed by atoms with Crippen molar-refractivity contribution in [1.82, 2.24) is 0 Å². The molecule has 0 spiro atoms. The first-order chi connectivity index (χ1) is 9.07. The molecule has 0 aliphatic heterocycles. The van der Waals surface area contributed by atoms with Crippen molar-refractivity contribution in [3.63, 3.8) is 0 Å². The lowest BCUT2D eigenvalue weighted by atomic mass is 9.60. The molecule has 2 aliphatic carbocycles. The topological polar surface area (TPSA) is 29.5 Å². The van der Waals surface area contributed by atoms with Crippen LogP contribution in [-0.4, -0.2) is 24.9 Å². The third-order valence-electron chi connectivity index (χ3n) is 6.22. The lowest BCUT2D eigenvalue weighted by Gasteiger charge is -2.46. The maximum absolute atomic E-state index is 9.27. The number of hydrogen-bond acceptors (Lipinski definition) is 2. The Kier molecular flexibility index (Phi) is 5.30. The molecule has 0 aromatic rings. The van der Waals surface area contributed by atoms with Gasteiger partial charge in [-0.05, 0) is 74.5 Å². The molecule has 1 N–H and O–H groups in total. The molecular weight excluding hydrogens is 236 g/mol. The van der Waals surface area contributed by atoms with Crippen molar-refractivity contribution >= 4 is 0 Å². The molecule has 2 aliphatic rings. The van der Waals surface area contributed by atoms with E-state index in [1.807, 2.05) is 7.11 Å². The maximum Gasteiger partial charge on any atom is 0.0571 e. The first-order valence-corrected chi connectivity index (χ1v) is 8.21. The van der Waals surface area contributed by atoms with Crippen LogP contribution in [0.15, 0.2) is 0 Å². The highest BCUT2D eigenvalue weighted by atomic mass is 16.5. The van der Waals surface area contributed by atoms with Crippen molar-refractivity contribution in [2.24, 2.45) is 23.2 Å². The van der Waals surface area contributed by atoms with Gasteiger partial charge in [0.1, 0.15) is 0 Å². The quantitative estimate of drug-likeness (QED) is 0.834. The van der Waals surface area contributed by atoms with Crippen LogP contribution < -0.4 is 0 Å².